The number of nitrogens with two attached hydrogens (primary N) is 1. The van der Waals surface area contributed by atoms with Crippen molar-refractivity contribution < 1.29 is 8.42 Å². The SMILES string of the molecule is CNS(=O)(=O)c1ccccc1CC(C)N. The normalized spacial score (nSPS) is 13.8. The largest absolute Gasteiger partial charge is 0.328 e. The summed E-state index contributed by atoms with van der Waals surface area (Å²) >= 11 is 0. The monoisotopic (exact) mass is 228 g/mol. The minimum Gasteiger partial charge on any atom is -0.328 e. The lowest BCUT2D eigenvalue weighted by molar-refractivity contribution is 0.586. The van der Waals surface area contributed by atoms with Gasteiger partial charge in [-0.2, -0.15) is 0 Å². The molecule has 0 amide bonds. The van der Waals surface area contributed by atoms with Gasteiger partial charge in [-0.1, -0.05) is 18.2 Å². The number of benzene rings is 1. The van der Waals surface area contributed by atoms with Crippen LogP contribution in [0.3, 0.4) is 0 Å². The minimum atomic E-state index is -3.38. The molecule has 0 radical (unpaired) electrons. The first-order valence-electron chi connectivity index (χ1n) is 4.74. The van der Waals surface area contributed by atoms with E-state index in [4.69, 9.17) is 5.73 Å². The lowest BCUT2D eigenvalue weighted by atomic mass is 10.1. The first kappa shape index (κ1) is 12.2. The third-order valence-corrected chi connectivity index (χ3v) is 3.59. The lowest BCUT2D eigenvalue weighted by Gasteiger charge is -2.11. The highest BCUT2D eigenvalue weighted by Crippen LogP contribution is 2.16. The fourth-order valence-corrected chi connectivity index (χ4v) is 2.37. The van der Waals surface area contributed by atoms with Crippen LogP contribution < -0.4 is 10.5 Å². The van der Waals surface area contributed by atoms with Gasteiger partial charge >= 0.3 is 0 Å². The maximum absolute atomic E-state index is 11.7. The fraction of sp³-hybridized carbons (Fsp3) is 0.400. The first-order chi connectivity index (χ1) is 6.97. The molecular weight excluding hydrogens is 212 g/mol. The molecule has 0 aromatic heterocycles. The smallest absolute Gasteiger partial charge is 0.240 e. The molecule has 0 aliphatic carbocycles. The van der Waals surface area contributed by atoms with E-state index in [-0.39, 0.29) is 6.04 Å². The van der Waals surface area contributed by atoms with Crippen molar-refractivity contribution in [2.75, 3.05) is 7.05 Å². The average Bonchev–Trinajstić information content (AvgIpc) is 2.17. The predicted octanol–water partition coefficient (Wildman–Crippen LogP) is 0.484. The third kappa shape index (κ3) is 3.02. The van der Waals surface area contributed by atoms with E-state index in [1.54, 1.807) is 18.2 Å². The van der Waals surface area contributed by atoms with Crippen LogP contribution in [-0.4, -0.2) is 21.5 Å². The Bertz CT molecular complexity index is 427. The van der Waals surface area contributed by atoms with Crippen LogP contribution in [-0.2, 0) is 16.4 Å². The van der Waals surface area contributed by atoms with Gasteiger partial charge in [-0.25, -0.2) is 13.1 Å². The van der Waals surface area contributed by atoms with Gasteiger partial charge in [-0.15, -0.1) is 0 Å². The second-order valence-corrected chi connectivity index (χ2v) is 5.35. The number of nitrogens with one attached hydrogen (secondary N) is 1. The molecule has 0 fully saturated rings. The van der Waals surface area contributed by atoms with Crippen LogP contribution in [0.5, 0.6) is 0 Å². The maximum Gasteiger partial charge on any atom is 0.240 e. The van der Waals surface area contributed by atoms with Crippen LogP contribution in [0, 0.1) is 0 Å². The minimum absolute atomic E-state index is 0.0572. The van der Waals surface area contributed by atoms with Gasteiger partial charge in [-0.3, -0.25) is 0 Å². The summed E-state index contributed by atoms with van der Waals surface area (Å²) < 4.78 is 25.6. The van der Waals surface area contributed by atoms with Gasteiger partial charge in [0.15, 0.2) is 0 Å². The van der Waals surface area contributed by atoms with Gasteiger partial charge in [-0.05, 0) is 32.0 Å². The fourth-order valence-electron chi connectivity index (χ4n) is 1.39. The summed E-state index contributed by atoms with van der Waals surface area (Å²) in [6.45, 7) is 1.85. The van der Waals surface area contributed by atoms with E-state index < -0.39 is 10.0 Å². The molecule has 3 N–H and O–H groups in total. The molecule has 0 bridgehead atoms. The Hall–Kier alpha value is -0.910. The highest BCUT2D eigenvalue weighted by atomic mass is 32.2. The maximum atomic E-state index is 11.7. The zero-order chi connectivity index (χ0) is 11.5. The molecule has 0 aliphatic heterocycles. The highest BCUT2D eigenvalue weighted by molar-refractivity contribution is 7.89. The molecule has 5 heteroatoms. The lowest BCUT2D eigenvalue weighted by Crippen LogP contribution is -2.23. The van der Waals surface area contributed by atoms with Gasteiger partial charge in [0.1, 0.15) is 0 Å². The molecule has 1 aromatic carbocycles. The van der Waals surface area contributed by atoms with Crippen molar-refractivity contribution in [1.82, 2.24) is 4.72 Å². The average molecular weight is 228 g/mol. The summed E-state index contributed by atoms with van der Waals surface area (Å²) in [5, 5.41) is 0. The van der Waals surface area contributed by atoms with Crippen molar-refractivity contribution in [2.24, 2.45) is 5.73 Å². The van der Waals surface area contributed by atoms with Crippen LogP contribution in [0.25, 0.3) is 0 Å². The summed E-state index contributed by atoms with van der Waals surface area (Å²) in [5.74, 6) is 0. The Morgan fingerprint density at radius 1 is 1.40 bits per heavy atom. The molecule has 0 spiro atoms. The molecule has 1 rings (SSSR count). The summed E-state index contributed by atoms with van der Waals surface area (Å²) in [6, 6.07) is 6.83. The van der Waals surface area contributed by atoms with Crippen molar-refractivity contribution in [3.05, 3.63) is 29.8 Å². The molecular formula is C10H16N2O2S. The summed E-state index contributed by atoms with van der Waals surface area (Å²) in [4.78, 5) is 0.310. The van der Waals surface area contributed by atoms with E-state index in [0.717, 1.165) is 5.56 Å². The van der Waals surface area contributed by atoms with E-state index in [0.29, 0.717) is 11.3 Å². The molecule has 1 atom stereocenters. The highest BCUT2D eigenvalue weighted by Gasteiger charge is 2.16. The molecule has 1 unspecified atom stereocenters. The van der Waals surface area contributed by atoms with E-state index in [9.17, 15) is 8.42 Å². The first-order valence-corrected chi connectivity index (χ1v) is 6.22. The van der Waals surface area contributed by atoms with E-state index in [2.05, 4.69) is 4.72 Å². The Kier molecular flexibility index (Phi) is 3.84. The van der Waals surface area contributed by atoms with Gasteiger partial charge in [0.05, 0.1) is 4.90 Å². The van der Waals surface area contributed by atoms with Crippen LogP contribution in [0.15, 0.2) is 29.2 Å². The van der Waals surface area contributed by atoms with Gasteiger partial charge in [0.25, 0.3) is 0 Å². The number of hydrogen-bond acceptors (Lipinski definition) is 3. The molecule has 4 nitrogen and oxygen atoms in total. The van der Waals surface area contributed by atoms with Crippen molar-refractivity contribution in [2.45, 2.75) is 24.3 Å². The van der Waals surface area contributed by atoms with Gasteiger partial charge < -0.3 is 5.73 Å². The Balaban J connectivity index is 3.18. The van der Waals surface area contributed by atoms with Gasteiger partial charge in [0, 0.05) is 6.04 Å². The molecule has 0 aliphatic rings. The van der Waals surface area contributed by atoms with Crippen molar-refractivity contribution in [3.8, 4) is 0 Å². The van der Waals surface area contributed by atoms with Crippen LogP contribution in [0.1, 0.15) is 12.5 Å². The molecule has 0 heterocycles. The topological polar surface area (TPSA) is 72.2 Å². The summed E-state index contributed by atoms with van der Waals surface area (Å²) in [6.07, 6.45) is 0.553. The zero-order valence-corrected chi connectivity index (χ0v) is 9.71. The zero-order valence-electron chi connectivity index (χ0n) is 8.90. The number of rotatable bonds is 4. The molecule has 0 saturated carbocycles. The van der Waals surface area contributed by atoms with E-state index in [1.807, 2.05) is 13.0 Å². The number of hydrogen-bond donors (Lipinski definition) is 2. The van der Waals surface area contributed by atoms with E-state index >= 15 is 0 Å². The van der Waals surface area contributed by atoms with Gasteiger partial charge in [0.2, 0.25) is 10.0 Å². The molecule has 1 aromatic rings. The Morgan fingerprint density at radius 2 is 2.00 bits per heavy atom. The van der Waals surface area contributed by atoms with Crippen molar-refractivity contribution in [3.63, 3.8) is 0 Å². The quantitative estimate of drug-likeness (QED) is 0.787. The number of sulfonamides is 1. The second-order valence-electron chi connectivity index (χ2n) is 3.50. The Morgan fingerprint density at radius 3 is 2.53 bits per heavy atom. The van der Waals surface area contributed by atoms with E-state index in [1.165, 1.54) is 7.05 Å². The standard InChI is InChI=1S/C10H16N2O2S/c1-8(11)7-9-5-3-4-6-10(9)15(13,14)12-2/h3-6,8,12H,7,11H2,1-2H3. The summed E-state index contributed by atoms with van der Waals surface area (Å²) in [5.41, 5.74) is 6.41. The van der Waals surface area contributed by atoms with Crippen LogP contribution in [0.4, 0.5) is 0 Å². The van der Waals surface area contributed by atoms with Crippen molar-refractivity contribution >= 4 is 10.0 Å². The Labute approximate surface area is 90.5 Å². The van der Waals surface area contributed by atoms with Crippen molar-refractivity contribution in [1.29, 1.82) is 0 Å². The third-order valence-electron chi connectivity index (χ3n) is 2.07. The van der Waals surface area contributed by atoms with Crippen LogP contribution in [0.2, 0.25) is 0 Å². The molecule has 84 valence electrons. The predicted molar refractivity (Wildman–Crippen MR) is 60.0 cm³/mol. The van der Waals surface area contributed by atoms with Crippen LogP contribution >= 0.6 is 0 Å². The second kappa shape index (κ2) is 4.74. The molecule has 0 saturated heterocycles. The molecule has 15 heavy (non-hydrogen) atoms. The summed E-state index contributed by atoms with van der Waals surface area (Å²) in [7, 11) is -1.98.